The molecule has 2 N–H and O–H groups in total. The Morgan fingerprint density at radius 3 is 2.63 bits per heavy atom. The smallest absolute Gasteiger partial charge is 0.271 e. The number of hydrogen-bond donors (Lipinski definition) is 2. The highest BCUT2D eigenvalue weighted by Crippen LogP contribution is 2.18. The molecule has 8 heteroatoms. The standard InChI is InChI=1S/C27H34FN5O2/c1-3-5-22-21(4-2)26(34)31-30-25(22)17-20-6-7-24(28)23(16-20)27(35)33-14-12-32(13-15-33)18-19-8-10-29-11-9-19/h3-7,16,19,29H,1,8-15,17-18H2,2H3,(H,31,34)/b21-4+,22-5+. The number of rotatable bonds is 6. The van der Waals surface area contributed by atoms with Crippen molar-refractivity contribution in [1.29, 1.82) is 0 Å². The van der Waals surface area contributed by atoms with Crippen LogP contribution in [-0.2, 0) is 6.42 Å². The van der Waals surface area contributed by atoms with Gasteiger partial charge in [-0.25, -0.2) is 9.49 Å². The van der Waals surface area contributed by atoms with Gasteiger partial charge in [0, 0.05) is 49.6 Å². The van der Waals surface area contributed by atoms with Crippen LogP contribution in [0.2, 0.25) is 0 Å². The molecule has 2 saturated heterocycles. The van der Waals surface area contributed by atoms with E-state index in [1.807, 2.05) is 0 Å². The van der Waals surface area contributed by atoms with Gasteiger partial charge in [0.15, 0.2) is 0 Å². The summed E-state index contributed by atoms with van der Waals surface area (Å²) in [4.78, 5) is 29.5. The molecule has 2 fully saturated rings. The minimum Gasteiger partial charge on any atom is -0.336 e. The molecule has 0 bridgehead atoms. The van der Waals surface area contributed by atoms with E-state index in [1.165, 1.54) is 18.9 Å². The highest BCUT2D eigenvalue weighted by atomic mass is 19.1. The number of hydrogen-bond acceptors (Lipinski definition) is 5. The molecule has 1 aromatic heterocycles. The van der Waals surface area contributed by atoms with Gasteiger partial charge in [-0.2, -0.15) is 5.10 Å². The van der Waals surface area contributed by atoms with Crippen LogP contribution in [0, 0.1) is 11.7 Å². The molecule has 186 valence electrons. The Labute approximate surface area is 205 Å². The quantitative estimate of drug-likeness (QED) is 0.647. The van der Waals surface area contributed by atoms with Gasteiger partial charge in [0.05, 0.1) is 11.3 Å². The lowest BCUT2D eigenvalue weighted by molar-refractivity contribution is 0.0604. The van der Waals surface area contributed by atoms with Gasteiger partial charge >= 0.3 is 0 Å². The number of aromatic nitrogens is 2. The van der Waals surface area contributed by atoms with E-state index >= 15 is 0 Å². The number of aromatic amines is 1. The molecule has 0 aliphatic carbocycles. The third-order valence-electron chi connectivity index (χ3n) is 6.98. The number of piperidine rings is 1. The molecule has 0 unspecified atom stereocenters. The second-order valence-electron chi connectivity index (χ2n) is 9.29. The summed E-state index contributed by atoms with van der Waals surface area (Å²) in [7, 11) is 0. The predicted octanol–water partition coefficient (Wildman–Crippen LogP) is 1.02. The van der Waals surface area contributed by atoms with Crippen LogP contribution in [0.25, 0.3) is 12.2 Å². The monoisotopic (exact) mass is 479 g/mol. The normalized spacial score (nSPS) is 18.7. The van der Waals surface area contributed by atoms with E-state index in [1.54, 1.807) is 42.2 Å². The molecule has 0 radical (unpaired) electrons. The van der Waals surface area contributed by atoms with Gasteiger partial charge in [0.1, 0.15) is 5.82 Å². The number of nitrogens with zero attached hydrogens (tertiary/aromatic N) is 3. The van der Waals surface area contributed by atoms with Gasteiger partial charge in [-0.1, -0.05) is 30.9 Å². The van der Waals surface area contributed by atoms with E-state index in [2.05, 4.69) is 27.0 Å². The Bertz CT molecular complexity index is 1240. The molecular formula is C27H34FN5O2. The summed E-state index contributed by atoms with van der Waals surface area (Å²) in [5.74, 6) is -0.0882. The number of amides is 1. The van der Waals surface area contributed by atoms with Crippen LogP contribution in [0.3, 0.4) is 0 Å². The van der Waals surface area contributed by atoms with Crippen LogP contribution in [0.5, 0.6) is 0 Å². The largest absolute Gasteiger partial charge is 0.336 e. The minimum absolute atomic E-state index is 0.0789. The topological polar surface area (TPSA) is 81.3 Å². The Kier molecular flexibility index (Phi) is 8.25. The number of benzene rings is 1. The number of piperazine rings is 1. The van der Waals surface area contributed by atoms with Crippen molar-refractivity contribution in [3.8, 4) is 0 Å². The molecule has 1 amide bonds. The maximum atomic E-state index is 14.7. The average Bonchev–Trinajstić information content (AvgIpc) is 2.88. The Morgan fingerprint density at radius 2 is 1.94 bits per heavy atom. The fourth-order valence-corrected chi connectivity index (χ4v) is 5.01. The Balaban J connectivity index is 1.47. The van der Waals surface area contributed by atoms with Gasteiger partial charge in [0.25, 0.3) is 11.5 Å². The first kappa shape index (κ1) is 25.0. The maximum Gasteiger partial charge on any atom is 0.271 e. The summed E-state index contributed by atoms with van der Waals surface area (Å²) in [6.45, 7) is 11.6. The zero-order chi connectivity index (χ0) is 24.8. The number of nitrogens with one attached hydrogen (secondary N) is 2. The molecule has 4 rings (SSSR count). The van der Waals surface area contributed by atoms with Gasteiger partial charge < -0.3 is 10.2 Å². The molecule has 0 saturated carbocycles. The first-order chi connectivity index (χ1) is 17.0. The van der Waals surface area contributed by atoms with Crippen LogP contribution >= 0.6 is 0 Å². The van der Waals surface area contributed by atoms with Crippen molar-refractivity contribution in [2.75, 3.05) is 45.8 Å². The molecule has 1 aromatic carbocycles. The van der Waals surface area contributed by atoms with Crippen molar-refractivity contribution in [1.82, 2.24) is 25.3 Å². The van der Waals surface area contributed by atoms with Gasteiger partial charge in [0.2, 0.25) is 0 Å². The van der Waals surface area contributed by atoms with Crippen LogP contribution in [0.4, 0.5) is 4.39 Å². The number of halogens is 1. The van der Waals surface area contributed by atoms with Crippen LogP contribution in [-0.4, -0.2) is 71.7 Å². The van der Waals surface area contributed by atoms with E-state index in [0.29, 0.717) is 41.6 Å². The van der Waals surface area contributed by atoms with Crippen molar-refractivity contribution in [2.24, 2.45) is 5.92 Å². The summed E-state index contributed by atoms with van der Waals surface area (Å²) < 4.78 is 14.7. The van der Waals surface area contributed by atoms with Crippen molar-refractivity contribution in [3.63, 3.8) is 0 Å². The molecular weight excluding hydrogens is 445 g/mol. The molecule has 3 heterocycles. The summed E-state index contributed by atoms with van der Waals surface area (Å²) in [6.07, 6.45) is 7.82. The fraction of sp³-hybridized carbons (Fsp3) is 0.444. The number of carbonyl (C=O) groups excluding carboxylic acids is 1. The third kappa shape index (κ3) is 5.94. The Hall–Kier alpha value is -3.10. The molecule has 2 aliphatic rings. The van der Waals surface area contributed by atoms with Crippen LogP contribution in [0.15, 0.2) is 35.6 Å². The van der Waals surface area contributed by atoms with Gasteiger partial charge in [-0.3, -0.25) is 14.5 Å². The van der Waals surface area contributed by atoms with E-state index in [0.717, 1.165) is 38.3 Å². The van der Waals surface area contributed by atoms with Crippen LogP contribution < -0.4 is 21.3 Å². The van der Waals surface area contributed by atoms with E-state index < -0.39 is 5.82 Å². The summed E-state index contributed by atoms with van der Waals surface area (Å²) in [5.41, 5.74) is 1.18. The van der Waals surface area contributed by atoms with Gasteiger partial charge in [-0.05, 0) is 56.5 Å². The first-order valence-corrected chi connectivity index (χ1v) is 12.4. The predicted molar refractivity (Wildman–Crippen MR) is 136 cm³/mol. The molecule has 2 aliphatic heterocycles. The highest BCUT2D eigenvalue weighted by Gasteiger charge is 2.26. The van der Waals surface area contributed by atoms with E-state index in [-0.39, 0.29) is 17.0 Å². The molecule has 0 atom stereocenters. The summed E-state index contributed by atoms with van der Waals surface area (Å²) >= 11 is 0. The zero-order valence-corrected chi connectivity index (χ0v) is 20.4. The molecule has 7 nitrogen and oxygen atoms in total. The summed E-state index contributed by atoms with van der Waals surface area (Å²) in [6, 6.07) is 4.60. The summed E-state index contributed by atoms with van der Waals surface area (Å²) in [5, 5.41) is 11.3. The van der Waals surface area contributed by atoms with Crippen LogP contribution in [0.1, 0.15) is 41.4 Å². The lowest BCUT2D eigenvalue weighted by Crippen LogP contribution is -2.50. The SMILES string of the molecule is C=C/C=c1/c(Cc2ccc(F)c(C(=O)N3CCN(CC4CCNCC4)CC3)c2)n[nH]c(=O)/c1=C/C. The maximum absolute atomic E-state index is 14.7. The highest BCUT2D eigenvalue weighted by molar-refractivity contribution is 5.94. The van der Waals surface area contributed by atoms with Crippen molar-refractivity contribution in [2.45, 2.75) is 26.2 Å². The lowest BCUT2D eigenvalue weighted by Gasteiger charge is -2.37. The van der Waals surface area contributed by atoms with E-state index in [9.17, 15) is 14.0 Å². The second-order valence-corrected chi connectivity index (χ2v) is 9.29. The number of H-pyrrole nitrogens is 1. The average molecular weight is 480 g/mol. The van der Waals surface area contributed by atoms with Crippen molar-refractivity contribution in [3.05, 3.63) is 74.3 Å². The van der Waals surface area contributed by atoms with Crippen molar-refractivity contribution < 1.29 is 9.18 Å². The molecule has 35 heavy (non-hydrogen) atoms. The van der Waals surface area contributed by atoms with E-state index in [4.69, 9.17) is 0 Å². The number of allylic oxidation sites excluding steroid dienone is 1. The fourth-order valence-electron chi connectivity index (χ4n) is 5.01. The second kappa shape index (κ2) is 11.6. The van der Waals surface area contributed by atoms with Gasteiger partial charge in [-0.15, -0.1) is 0 Å². The molecule has 0 spiro atoms. The Morgan fingerprint density at radius 1 is 1.20 bits per heavy atom. The lowest BCUT2D eigenvalue weighted by atomic mass is 9.97. The molecule has 2 aromatic rings. The zero-order valence-electron chi connectivity index (χ0n) is 20.4. The number of carbonyl (C=O) groups is 1. The third-order valence-corrected chi connectivity index (χ3v) is 6.98. The first-order valence-electron chi connectivity index (χ1n) is 12.4. The minimum atomic E-state index is -0.522. The van der Waals surface area contributed by atoms with Crippen molar-refractivity contribution >= 4 is 18.1 Å².